The highest BCUT2D eigenvalue weighted by Crippen LogP contribution is 2.27. The molecule has 0 aliphatic heterocycles. The molecular weight excluding hydrogens is 365 g/mol. The third-order valence-electron chi connectivity index (χ3n) is 4.96. The fraction of sp³-hybridized carbons (Fsp3) is 0.167. The van der Waals surface area contributed by atoms with Crippen LogP contribution in [0.25, 0.3) is 16.9 Å². The zero-order valence-electron chi connectivity index (χ0n) is 16.4. The Hall–Kier alpha value is -3.47. The molecule has 2 heterocycles. The van der Waals surface area contributed by atoms with Crippen molar-refractivity contribution in [2.45, 2.75) is 26.8 Å². The maximum absolute atomic E-state index is 13.8. The molecule has 0 bridgehead atoms. The monoisotopic (exact) mass is 387 g/mol. The van der Waals surface area contributed by atoms with Gasteiger partial charge in [0.25, 0.3) is 0 Å². The Morgan fingerprint density at radius 2 is 1.86 bits per heavy atom. The topological polar surface area (TPSA) is 46.4 Å². The van der Waals surface area contributed by atoms with Crippen molar-refractivity contribution < 1.29 is 9.18 Å². The maximum Gasteiger partial charge on any atom is 0.226 e. The van der Waals surface area contributed by atoms with Gasteiger partial charge < -0.3 is 9.72 Å². The van der Waals surface area contributed by atoms with Gasteiger partial charge in [0, 0.05) is 18.3 Å². The van der Waals surface area contributed by atoms with Crippen LogP contribution in [0, 0.1) is 19.7 Å². The van der Waals surface area contributed by atoms with E-state index in [2.05, 4.69) is 5.32 Å². The fourth-order valence-electron chi connectivity index (χ4n) is 3.40. The van der Waals surface area contributed by atoms with Crippen LogP contribution in [-0.4, -0.2) is 15.3 Å². The molecule has 0 saturated carbocycles. The molecule has 4 aromatic rings. The third kappa shape index (κ3) is 4.04. The van der Waals surface area contributed by atoms with Gasteiger partial charge in [-0.15, -0.1) is 0 Å². The van der Waals surface area contributed by atoms with Crippen LogP contribution in [0.3, 0.4) is 0 Å². The molecule has 146 valence electrons. The van der Waals surface area contributed by atoms with Gasteiger partial charge in [0.1, 0.15) is 11.5 Å². The molecule has 0 radical (unpaired) electrons. The number of halogens is 1. The lowest BCUT2D eigenvalue weighted by molar-refractivity contribution is -0.120. The first-order valence-electron chi connectivity index (χ1n) is 9.56. The van der Waals surface area contributed by atoms with Gasteiger partial charge in [-0.3, -0.25) is 4.79 Å². The maximum atomic E-state index is 13.8. The van der Waals surface area contributed by atoms with Crippen LogP contribution < -0.4 is 5.32 Å². The standard InChI is InChI=1S/C24H22FN3O/c1-16-8-11-22-27-24(19-9-10-20(25)17(2)12-19)21(28(22)15-16)13-23(29)26-14-18-6-4-3-5-7-18/h3-12,15H,13-14H2,1-2H3,(H,26,29). The minimum atomic E-state index is -0.254. The first-order chi connectivity index (χ1) is 14.0. The van der Waals surface area contributed by atoms with E-state index in [-0.39, 0.29) is 18.1 Å². The average molecular weight is 387 g/mol. The van der Waals surface area contributed by atoms with Crippen LogP contribution >= 0.6 is 0 Å². The molecule has 4 nitrogen and oxygen atoms in total. The number of aryl methyl sites for hydroxylation is 2. The van der Waals surface area contributed by atoms with Crippen LogP contribution in [-0.2, 0) is 17.8 Å². The number of carbonyl (C=O) groups is 1. The molecule has 5 heteroatoms. The van der Waals surface area contributed by atoms with Crippen molar-refractivity contribution in [1.29, 1.82) is 0 Å². The Labute approximate surface area is 169 Å². The number of nitrogens with zero attached hydrogens (tertiary/aromatic N) is 2. The smallest absolute Gasteiger partial charge is 0.226 e. The highest BCUT2D eigenvalue weighted by Gasteiger charge is 2.18. The molecule has 0 saturated heterocycles. The Morgan fingerprint density at radius 1 is 1.07 bits per heavy atom. The van der Waals surface area contributed by atoms with E-state index < -0.39 is 0 Å². The largest absolute Gasteiger partial charge is 0.352 e. The molecule has 4 rings (SSSR count). The van der Waals surface area contributed by atoms with Gasteiger partial charge in [0.15, 0.2) is 0 Å². The first-order valence-corrected chi connectivity index (χ1v) is 9.56. The highest BCUT2D eigenvalue weighted by molar-refractivity contribution is 5.81. The number of aromatic nitrogens is 2. The van der Waals surface area contributed by atoms with Gasteiger partial charge in [-0.05, 0) is 54.8 Å². The molecular formula is C24H22FN3O. The molecule has 0 unspecified atom stereocenters. The molecule has 0 spiro atoms. The summed E-state index contributed by atoms with van der Waals surface area (Å²) in [7, 11) is 0. The number of amides is 1. The summed E-state index contributed by atoms with van der Waals surface area (Å²) in [6.45, 7) is 4.20. The Morgan fingerprint density at radius 3 is 2.62 bits per heavy atom. The summed E-state index contributed by atoms with van der Waals surface area (Å²) in [5.41, 5.74) is 5.73. The summed E-state index contributed by atoms with van der Waals surface area (Å²) in [5, 5.41) is 2.98. The minimum Gasteiger partial charge on any atom is -0.352 e. The van der Waals surface area contributed by atoms with E-state index in [4.69, 9.17) is 4.98 Å². The summed E-state index contributed by atoms with van der Waals surface area (Å²) in [6.07, 6.45) is 2.16. The van der Waals surface area contributed by atoms with Gasteiger partial charge in [-0.1, -0.05) is 36.4 Å². The second-order valence-corrected chi connectivity index (χ2v) is 7.24. The molecule has 2 aromatic heterocycles. The lowest BCUT2D eigenvalue weighted by atomic mass is 10.1. The van der Waals surface area contributed by atoms with Crippen molar-refractivity contribution in [2.24, 2.45) is 0 Å². The number of benzene rings is 2. The van der Waals surface area contributed by atoms with Crippen molar-refractivity contribution in [3.63, 3.8) is 0 Å². The number of pyridine rings is 1. The zero-order chi connectivity index (χ0) is 20.4. The first kappa shape index (κ1) is 18.9. The number of hydrogen-bond acceptors (Lipinski definition) is 2. The van der Waals surface area contributed by atoms with Crippen molar-refractivity contribution in [2.75, 3.05) is 0 Å². The van der Waals surface area contributed by atoms with E-state index in [0.717, 1.165) is 28.0 Å². The van der Waals surface area contributed by atoms with Gasteiger partial charge in [-0.25, -0.2) is 9.37 Å². The normalized spacial score (nSPS) is 11.0. The molecule has 0 fully saturated rings. The second kappa shape index (κ2) is 7.87. The third-order valence-corrected chi connectivity index (χ3v) is 4.96. The SMILES string of the molecule is Cc1ccc2nc(-c3ccc(F)c(C)c3)c(CC(=O)NCc3ccccc3)n2c1. The quantitative estimate of drug-likeness (QED) is 0.543. The van der Waals surface area contributed by atoms with Gasteiger partial charge in [-0.2, -0.15) is 0 Å². The van der Waals surface area contributed by atoms with E-state index in [0.29, 0.717) is 17.8 Å². The summed E-state index contributed by atoms with van der Waals surface area (Å²) in [4.78, 5) is 17.4. The molecule has 1 N–H and O–H groups in total. The average Bonchev–Trinajstić information content (AvgIpc) is 3.07. The van der Waals surface area contributed by atoms with E-state index in [1.807, 2.05) is 60.0 Å². The predicted molar refractivity (Wildman–Crippen MR) is 112 cm³/mol. The zero-order valence-corrected chi connectivity index (χ0v) is 16.4. The van der Waals surface area contributed by atoms with Crippen LogP contribution in [0.4, 0.5) is 4.39 Å². The molecule has 2 aromatic carbocycles. The Bertz CT molecular complexity index is 1180. The number of hydrogen-bond donors (Lipinski definition) is 1. The van der Waals surface area contributed by atoms with Gasteiger partial charge in [0.2, 0.25) is 5.91 Å². The Balaban J connectivity index is 1.68. The van der Waals surface area contributed by atoms with Crippen LogP contribution in [0.5, 0.6) is 0 Å². The van der Waals surface area contributed by atoms with Crippen molar-refractivity contribution >= 4 is 11.6 Å². The van der Waals surface area contributed by atoms with E-state index >= 15 is 0 Å². The number of fused-ring (bicyclic) bond motifs is 1. The van der Waals surface area contributed by atoms with Crippen molar-refractivity contribution in [1.82, 2.24) is 14.7 Å². The summed E-state index contributed by atoms with van der Waals surface area (Å²) in [5.74, 6) is -0.340. The van der Waals surface area contributed by atoms with Crippen LogP contribution in [0.2, 0.25) is 0 Å². The Kier molecular flexibility index (Phi) is 5.12. The number of nitrogens with one attached hydrogen (secondary N) is 1. The highest BCUT2D eigenvalue weighted by atomic mass is 19.1. The summed E-state index contributed by atoms with van der Waals surface area (Å²) in [6, 6.07) is 18.6. The van der Waals surface area contributed by atoms with Crippen molar-refractivity contribution in [3.05, 3.63) is 95.1 Å². The van der Waals surface area contributed by atoms with Crippen LogP contribution in [0.15, 0.2) is 66.9 Å². The van der Waals surface area contributed by atoms with Crippen LogP contribution in [0.1, 0.15) is 22.4 Å². The van der Waals surface area contributed by atoms with Gasteiger partial charge in [0.05, 0.1) is 17.8 Å². The number of imidazole rings is 1. The molecule has 1 amide bonds. The second-order valence-electron chi connectivity index (χ2n) is 7.24. The van der Waals surface area contributed by atoms with Gasteiger partial charge >= 0.3 is 0 Å². The fourth-order valence-corrected chi connectivity index (χ4v) is 3.40. The molecule has 0 aliphatic rings. The molecule has 0 aliphatic carbocycles. The van der Waals surface area contributed by atoms with E-state index in [1.165, 1.54) is 6.07 Å². The lowest BCUT2D eigenvalue weighted by Crippen LogP contribution is -2.25. The molecule has 0 atom stereocenters. The van der Waals surface area contributed by atoms with Crippen molar-refractivity contribution in [3.8, 4) is 11.3 Å². The summed E-state index contributed by atoms with van der Waals surface area (Å²) < 4.78 is 15.7. The number of carbonyl (C=O) groups excluding carboxylic acids is 1. The van der Waals surface area contributed by atoms with E-state index in [9.17, 15) is 9.18 Å². The summed E-state index contributed by atoms with van der Waals surface area (Å²) >= 11 is 0. The number of rotatable bonds is 5. The minimum absolute atomic E-state index is 0.0859. The van der Waals surface area contributed by atoms with E-state index in [1.54, 1.807) is 19.1 Å². The predicted octanol–water partition coefficient (Wildman–Crippen LogP) is 4.62. The molecule has 29 heavy (non-hydrogen) atoms. The lowest BCUT2D eigenvalue weighted by Gasteiger charge is -2.09.